The minimum atomic E-state index is -0.247. The van der Waals surface area contributed by atoms with E-state index in [9.17, 15) is 4.79 Å². The normalized spacial score (nSPS) is 11.0. The summed E-state index contributed by atoms with van der Waals surface area (Å²) < 4.78 is 7.92. The summed E-state index contributed by atoms with van der Waals surface area (Å²) in [5, 5.41) is 5.92. The quantitative estimate of drug-likeness (QED) is 0.467. The molecule has 1 N–H and O–H groups in total. The van der Waals surface area contributed by atoms with E-state index in [1.807, 2.05) is 53.3 Å². The molecule has 4 rings (SSSR count). The summed E-state index contributed by atoms with van der Waals surface area (Å²) in [5.41, 5.74) is 3.19. The maximum atomic E-state index is 13.0. The van der Waals surface area contributed by atoms with Crippen molar-refractivity contribution in [1.29, 1.82) is 0 Å². The first kappa shape index (κ1) is 19.1. The van der Waals surface area contributed by atoms with E-state index in [2.05, 4.69) is 22.2 Å². The largest absolute Gasteiger partial charge is 0.486 e. The molecule has 0 bridgehead atoms. The van der Waals surface area contributed by atoms with Crippen LogP contribution in [0, 0.1) is 6.92 Å². The van der Waals surface area contributed by atoms with Gasteiger partial charge in [-0.1, -0.05) is 31.2 Å². The number of carbonyl (C=O) groups is 1. The third-order valence-corrected chi connectivity index (χ3v) is 5.32. The van der Waals surface area contributed by atoms with Gasteiger partial charge in [0.1, 0.15) is 12.4 Å². The highest BCUT2D eigenvalue weighted by Gasteiger charge is 2.17. The van der Waals surface area contributed by atoms with E-state index in [-0.39, 0.29) is 5.91 Å². The lowest BCUT2D eigenvalue weighted by atomic mass is 10.2. The number of fused-ring (bicyclic) bond motifs is 1. The van der Waals surface area contributed by atoms with Crippen LogP contribution in [0.25, 0.3) is 11.0 Å². The highest BCUT2D eigenvalue weighted by Crippen LogP contribution is 2.24. The Bertz CT molecular complexity index is 1150. The van der Waals surface area contributed by atoms with Gasteiger partial charge in [0, 0.05) is 11.9 Å². The van der Waals surface area contributed by atoms with Crippen molar-refractivity contribution in [3.05, 3.63) is 70.2 Å². The number of thiazole rings is 1. The van der Waals surface area contributed by atoms with Gasteiger partial charge in [0.15, 0.2) is 0 Å². The van der Waals surface area contributed by atoms with Crippen molar-refractivity contribution in [2.45, 2.75) is 33.4 Å². The second-order valence-corrected chi connectivity index (χ2v) is 7.73. The Labute approximate surface area is 173 Å². The van der Waals surface area contributed by atoms with Gasteiger partial charge < -0.3 is 9.30 Å². The summed E-state index contributed by atoms with van der Waals surface area (Å²) in [6.45, 7) is 5.15. The molecule has 0 unspecified atom stereocenters. The van der Waals surface area contributed by atoms with Crippen molar-refractivity contribution in [2.24, 2.45) is 0 Å². The molecule has 2 aromatic carbocycles. The van der Waals surface area contributed by atoms with E-state index in [4.69, 9.17) is 4.74 Å². The van der Waals surface area contributed by atoms with Gasteiger partial charge in [-0.3, -0.25) is 10.1 Å². The van der Waals surface area contributed by atoms with Gasteiger partial charge in [-0.25, -0.2) is 9.97 Å². The van der Waals surface area contributed by atoms with Crippen LogP contribution < -0.4 is 10.1 Å². The molecular weight excluding hydrogens is 384 g/mol. The number of amides is 1. The van der Waals surface area contributed by atoms with Crippen molar-refractivity contribution in [1.82, 2.24) is 14.5 Å². The summed E-state index contributed by atoms with van der Waals surface area (Å²) in [5.74, 6) is 0.819. The van der Waals surface area contributed by atoms with E-state index >= 15 is 0 Å². The zero-order chi connectivity index (χ0) is 20.2. The van der Waals surface area contributed by atoms with Crippen LogP contribution in [0.5, 0.6) is 5.75 Å². The van der Waals surface area contributed by atoms with Gasteiger partial charge in [-0.05, 0) is 37.6 Å². The fourth-order valence-electron chi connectivity index (χ4n) is 3.20. The number of nitrogens with zero attached hydrogens (tertiary/aromatic N) is 3. The maximum absolute atomic E-state index is 13.0. The Morgan fingerprint density at radius 1 is 1.14 bits per heavy atom. The van der Waals surface area contributed by atoms with E-state index in [0.717, 1.165) is 34.7 Å². The molecule has 0 saturated carbocycles. The van der Waals surface area contributed by atoms with Gasteiger partial charge >= 0.3 is 0 Å². The molecular formula is C22H22N4O2S. The molecule has 0 spiro atoms. The standard InChI is InChI=1S/C22H22N4O2S/c1-3-12-26-19-10-6-5-9-18(19)24-22(26)25-21(27)17-8-4-7-11-20(17)28-13-16-14-29-15(2)23-16/h4-11,14H,3,12-13H2,1-2H3,(H,24,25,27). The number of anilines is 1. The molecule has 2 heterocycles. The summed E-state index contributed by atoms with van der Waals surface area (Å²) in [4.78, 5) is 22.0. The summed E-state index contributed by atoms with van der Waals surface area (Å²) >= 11 is 1.58. The Kier molecular flexibility index (Phi) is 5.57. The molecule has 7 heteroatoms. The number of hydrogen-bond acceptors (Lipinski definition) is 5. The minimum absolute atomic E-state index is 0.247. The van der Waals surface area contributed by atoms with Gasteiger partial charge in [0.25, 0.3) is 5.91 Å². The Hall–Kier alpha value is -3.19. The van der Waals surface area contributed by atoms with Gasteiger partial charge in [-0.15, -0.1) is 11.3 Å². The predicted octanol–water partition coefficient (Wildman–Crippen LogP) is 5.04. The number of nitrogens with one attached hydrogen (secondary N) is 1. The van der Waals surface area contributed by atoms with Crippen LogP contribution in [-0.4, -0.2) is 20.4 Å². The van der Waals surface area contributed by atoms with E-state index in [1.54, 1.807) is 23.5 Å². The number of hydrogen-bond donors (Lipinski definition) is 1. The van der Waals surface area contributed by atoms with Crippen LogP contribution in [-0.2, 0) is 13.2 Å². The Morgan fingerprint density at radius 2 is 1.93 bits per heavy atom. The molecule has 148 valence electrons. The smallest absolute Gasteiger partial charge is 0.261 e. The number of imidazole rings is 1. The van der Waals surface area contributed by atoms with Crippen LogP contribution >= 0.6 is 11.3 Å². The van der Waals surface area contributed by atoms with Crippen LogP contribution in [0.2, 0.25) is 0 Å². The summed E-state index contributed by atoms with van der Waals surface area (Å²) in [6, 6.07) is 15.1. The highest BCUT2D eigenvalue weighted by molar-refractivity contribution is 7.09. The topological polar surface area (TPSA) is 69.0 Å². The van der Waals surface area contributed by atoms with E-state index in [0.29, 0.717) is 23.9 Å². The molecule has 1 amide bonds. The van der Waals surface area contributed by atoms with Crippen molar-refractivity contribution in [2.75, 3.05) is 5.32 Å². The van der Waals surface area contributed by atoms with Crippen LogP contribution in [0.15, 0.2) is 53.9 Å². The molecule has 0 saturated heterocycles. The number of ether oxygens (including phenoxy) is 1. The fourth-order valence-corrected chi connectivity index (χ4v) is 3.79. The molecule has 29 heavy (non-hydrogen) atoms. The lowest BCUT2D eigenvalue weighted by Gasteiger charge is -2.12. The Morgan fingerprint density at radius 3 is 2.72 bits per heavy atom. The third kappa shape index (κ3) is 4.14. The van der Waals surface area contributed by atoms with Gasteiger partial charge in [0.2, 0.25) is 5.95 Å². The van der Waals surface area contributed by atoms with E-state index in [1.165, 1.54) is 0 Å². The number of aromatic nitrogens is 3. The fraction of sp³-hybridized carbons (Fsp3) is 0.227. The molecule has 0 atom stereocenters. The highest BCUT2D eigenvalue weighted by atomic mass is 32.1. The zero-order valence-corrected chi connectivity index (χ0v) is 17.2. The molecule has 0 aliphatic heterocycles. The number of para-hydroxylation sites is 3. The monoisotopic (exact) mass is 406 g/mol. The lowest BCUT2D eigenvalue weighted by molar-refractivity contribution is 0.102. The maximum Gasteiger partial charge on any atom is 0.261 e. The van der Waals surface area contributed by atoms with Crippen LogP contribution in [0.1, 0.15) is 34.4 Å². The summed E-state index contributed by atoms with van der Waals surface area (Å²) in [6.07, 6.45) is 0.940. The molecule has 0 fully saturated rings. The zero-order valence-electron chi connectivity index (χ0n) is 16.4. The predicted molar refractivity (Wildman–Crippen MR) is 116 cm³/mol. The second kappa shape index (κ2) is 8.45. The number of aryl methyl sites for hydroxylation is 2. The average molecular weight is 407 g/mol. The molecule has 6 nitrogen and oxygen atoms in total. The number of carbonyl (C=O) groups excluding carboxylic acids is 1. The van der Waals surface area contributed by atoms with Gasteiger partial charge in [0.05, 0.1) is 27.3 Å². The van der Waals surface area contributed by atoms with Crippen molar-refractivity contribution in [3.63, 3.8) is 0 Å². The lowest BCUT2D eigenvalue weighted by Crippen LogP contribution is -2.17. The van der Waals surface area contributed by atoms with Crippen LogP contribution in [0.3, 0.4) is 0 Å². The third-order valence-electron chi connectivity index (χ3n) is 4.50. The molecule has 0 aliphatic rings. The first-order valence-corrected chi connectivity index (χ1v) is 10.4. The first-order valence-electron chi connectivity index (χ1n) is 9.55. The second-order valence-electron chi connectivity index (χ2n) is 6.67. The van der Waals surface area contributed by atoms with Crippen molar-refractivity contribution in [3.8, 4) is 5.75 Å². The molecule has 2 aromatic heterocycles. The number of rotatable bonds is 7. The SMILES string of the molecule is CCCn1c(NC(=O)c2ccccc2OCc2csc(C)n2)nc2ccccc21. The molecule has 0 aliphatic carbocycles. The van der Waals surface area contributed by atoms with Crippen molar-refractivity contribution >= 4 is 34.2 Å². The van der Waals surface area contributed by atoms with Crippen LogP contribution in [0.4, 0.5) is 5.95 Å². The summed E-state index contributed by atoms with van der Waals surface area (Å²) in [7, 11) is 0. The van der Waals surface area contributed by atoms with E-state index < -0.39 is 0 Å². The molecule has 4 aromatic rings. The average Bonchev–Trinajstić information content (AvgIpc) is 3.30. The Balaban J connectivity index is 1.57. The first-order chi connectivity index (χ1) is 14.2. The van der Waals surface area contributed by atoms with Gasteiger partial charge in [-0.2, -0.15) is 0 Å². The number of benzene rings is 2. The van der Waals surface area contributed by atoms with Crippen molar-refractivity contribution < 1.29 is 9.53 Å². The minimum Gasteiger partial charge on any atom is -0.486 e. The molecule has 0 radical (unpaired) electrons.